The number of fused-ring (bicyclic) bond motifs is 1. The molecule has 1 aromatic rings. The molecular weight excluding hydrogens is 372 g/mol. The Morgan fingerprint density at radius 3 is 2.14 bits per heavy atom. The van der Waals surface area contributed by atoms with Gasteiger partial charge in [0.05, 0.1) is 23.2 Å². The lowest BCUT2D eigenvalue weighted by Crippen LogP contribution is -2.49. The number of nitrogens with zero attached hydrogens (tertiary/aromatic N) is 2. The molecule has 146 valence electrons. The van der Waals surface area contributed by atoms with Crippen LogP contribution in [0.4, 0.5) is 0 Å². The minimum Gasteiger partial charge on any atom is -0.467 e. The maximum Gasteiger partial charge on any atom is 0.261 e. The Bertz CT molecular complexity index is 825. The Morgan fingerprint density at radius 1 is 1.00 bits per heavy atom. The van der Waals surface area contributed by atoms with E-state index in [9.17, 15) is 9.59 Å². The summed E-state index contributed by atoms with van der Waals surface area (Å²) >= 11 is 1.65. The van der Waals surface area contributed by atoms with Gasteiger partial charge < -0.3 is 4.74 Å². The van der Waals surface area contributed by atoms with Crippen molar-refractivity contribution in [2.45, 2.75) is 50.2 Å². The van der Waals surface area contributed by atoms with E-state index in [1.165, 1.54) is 43.4 Å². The fourth-order valence-electron chi connectivity index (χ4n) is 6.53. The van der Waals surface area contributed by atoms with Crippen molar-refractivity contribution in [2.75, 3.05) is 12.3 Å². The van der Waals surface area contributed by atoms with Gasteiger partial charge in [0, 0.05) is 5.75 Å². The Morgan fingerprint density at radius 2 is 1.57 bits per heavy atom. The lowest BCUT2D eigenvalue weighted by Gasteiger charge is -2.54. The quantitative estimate of drug-likeness (QED) is 0.731. The Kier molecular flexibility index (Phi) is 3.71. The van der Waals surface area contributed by atoms with Gasteiger partial charge in [0.1, 0.15) is 6.10 Å². The van der Waals surface area contributed by atoms with E-state index in [-0.39, 0.29) is 23.5 Å². The van der Waals surface area contributed by atoms with Crippen LogP contribution in [0.15, 0.2) is 29.3 Å². The van der Waals surface area contributed by atoms with Crippen LogP contribution in [0.5, 0.6) is 0 Å². The number of carbonyl (C=O) groups excluding carboxylic acids is 2. The van der Waals surface area contributed by atoms with Gasteiger partial charge in [-0.25, -0.2) is 4.99 Å². The van der Waals surface area contributed by atoms with E-state index in [1.807, 2.05) is 0 Å². The lowest BCUT2D eigenvalue weighted by molar-refractivity contribution is 0.000443. The van der Waals surface area contributed by atoms with Gasteiger partial charge in [0.15, 0.2) is 0 Å². The maximum absolute atomic E-state index is 12.6. The fourth-order valence-corrected chi connectivity index (χ4v) is 7.49. The standard InChI is InChI=1S/C22H24N2O3S/c25-19-17-3-1-2-4-18(17)20(26)24(19)11-16-12-28-21(27-16)23-22-8-13-5-14(9-22)7-15(6-13)10-22/h1-4,13-16H,5-12H2. The molecule has 4 bridgehead atoms. The molecular formula is C22H24N2O3S. The first-order valence-corrected chi connectivity index (χ1v) is 11.4. The molecule has 0 N–H and O–H groups in total. The van der Waals surface area contributed by atoms with Gasteiger partial charge in [0.2, 0.25) is 5.23 Å². The van der Waals surface area contributed by atoms with Gasteiger partial charge in [0.25, 0.3) is 11.8 Å². The van der Waals surface area contributed by atoms with Gasteiger partial charge in [-0.3, -0.25) is 14.5 Å². The molecule has 0 spiro atoms. The Labute approximate surface area is 168 Å². The third kappa shape index (κ3) is 2.64. The van der Waals surface area contributed by atoms with E-state index in [4.69, 9.17) is 9.73 Å². The van der Waals surface area contributed by atoms with Gasteiger partial charge >= 0.3 is 0 Å². The summed E-state index contributed by atoms with van der Waals surface area (Å²) < 4.78 is 6.12. The van der Waals surface area contributed by atoms with E-state index < -0.39 is 0 Å². The Balaban J connectivity index is 1.16. The zero-order valence-electron chi connectivity index (χ0n) is 15.8. The molecule has 1 unspecified atom stereocenters. The summed E-state index contributed by atoms with van der Waals surface area (Å²) in [7, 11) is 0. The SMILES string of the molecule is O=C1c2ccccc2C(=O)N1CC1CSC(=NC23CC4CC(CC(C4)C2)C3)O1. The number of hydrogen-bond donors (Lipinski definition) is 0. The summed E-state index contributed by atoms with van der Waals surface area (Å²) in [4.78, 5) is 31.7. The smallest absolute Gasteiger partial charge is 0.261 e. The third-order valence-corrected chi connectivity index (χ3v) is 8.23. The zero-order valence-corrected chi connectivity index (χ0v) is 16.6. The number of carbonyl (C=O) groups is 2. The van der Waals surface area contributed by atoms with Gasteiger partial charge in [-0.05, 0) is 68.4 Å². The fraction of sp³-hybridized carbons (Fsp3) is 0.591. The van der Waals surface area contributed by atoms with Crippen molar-refractivity contribution in [1.29, 1.82) is 0 Å². The topological polar surface area (TPSA) is 59.0 Å². The lowest BCUT2D eigenvalue weighted by atomic mass is 9.53. The van der Waals surface area contributed by atoms with Gasteiger partial charge in [-0.1, -0.05) is 23.9 Å². The van der Waals surface area contributed by atoms with Crippen molar-refractivity contribution in [2.24, 2.45) is 22.7 Å². The molecule has 2 aliphatic heterocycles. The van der Waals surface area contributed by atoms with Crippen LogP contribution in [-0.2, 0) is 4.74 Å². The summed E-state index contributed by atoms with van der Waals surface area (Å²) in [5, 5.41) is 0.781. The van der Waals surface area contributed by atoms with Gasteiger partial charge in [-0.15, -0.1) is 0 Å². The average Bonchev–Trinajstić information content (AvgIpc) is 3.19. The van der Waals surface area contributed by atoms with Crippen LogP contribution in [0.2, 0.25) is 0 Å². The van der Waals surface area contributed by atoms with Crippen LogP contribution < -0.4 is 0 Å². The normalized spacial score (nSPS) is 39.7. The molecule has 1 saturated heterocycles. The minimum atomic E-state index is -0.208. The first kappa shape index (κ1) is 17.1. The van der Waals surface area contributed by atoms with Crippen molar-refractivity contribution in [3.8, 4) is 0 Å². The van der Waals surface area contributed by atoms with E-state index in [2.05, 4.69) is 0 Å². The molecule has 5 fully saturated rings. The number of benzene rings is 1. The largest absolute Gasteiger partial charge is 0.467 e. The van der Waals surface area contributed by atoms with E-state index in [0.717, 1.165) is 28.7 Å². The second-order valence-corrected chi connectivity index (χ2v) is 10.3. The van der Waals surface area contributed by atoms with Crippen molar-refractivity contribution in [3.63, 3.8) is 0 Å². The first-order chi connectivity index (χ1) is 13.6. The molecule has 2 heterocycles. The number of aliphatic imine (C=N–C) groups is 1. The van der Waals surface area contributed by atoms with Crippen LogP contribution in [0.1, 0.15) is 59.2 Å². The second kappa shape index (κ2) is 6.09. The van der Waals surface area contributed by atoms with Crippen LogP contribution >= 0.6 is 11.8 Å². The number of ether oxygens (including phenoxy) is 1. The summed E-state index contributed by atoms with van der Waals surface area (Å²) in [6, 6.07) is 7.04. The molecule has 1 aromatic carbocycles. The molecule has 6 aliphatic rings. The highest BCUT2D eigenvalue weighted by Gasteiger charge is 2.51. The first-order valence-electron chi connectivity index (χ1n) is 10.4. The molecule has 1 atom stereocenters. The predicted octanol–water partition coefficient (Wildman–Crippen LogP) is 3.74. The molecule has 6 heteroatoms. The minimum absolute atomic E-state index is 0.0987. The van der Waals surface area contributed by atoms with Crippen LogP contribution in [0.25, 0.3) is 0 Å². The van der Waals surface area contributed by atoms with Crippen molar-refractivity contribution < 1.29 is 14.3 Å². The molecule has 4 saturated carbocycles. The zero-order chi connectivity index (χ0) is 18.9. The predicted molar refractivity (Wildman–Crippen MR) is 107 cm³/mol. The molecule has 5 nitrogen and oxygen atoms in total. The van der Waals surface area contributed by atoms with E-state index >= 15 is 0 Å². The average molecular weight is 397 g/mol. The molecule has 28 heavy (non-hydrogen) atoms. The highest BCUT2D eigenvalue weighted by molar-refractivity contribution is 8.13. The number of hydrogen-bond acceptors (Lipinski definition) is 5. The number of rotatable bonds is 3. The van der Waals surface area contributed by atoms with Crippen molar-refractivity contribution >= 4 is 28.8 Å². The molecule has 0 radical (unpaired) electrons. The summed E-state index contributed by atoms with van der Waals surface area (Å²) in [6.07, 6.45) is 7.70. The number of amides is 2. The van der Waals surface area contributed by atoms with Crippen LogP contribution in [-0.4, -0.2) is 45.9 Å². The monoisotopic (exact) mass is 396 g/mol. The summed E-state index contributed by atoms with van der Waals surface area (Å²) in [5.41, 5.74) is 1.10. The number of imide groups is 1. The van der Waals surface area contributed by atoms with E-state index in [0.29, 0.717) is 17.7 Å². The molecule has 4 aliphatic carbocycles. The molecule has 2 amide bonds. The molecule has 0 aromatic heterocycles. The van der Waals surface area contributed by atoms with Crippen LogP contribution in [0, 0.1) is 17.8 Å². The van der Waals surface area contributed by atoms with Crippen molar-refractivity contribution in [1.82, 2.24) is 4.90 Å². The van der Waals surface area contributed by atoms with Crippen molar-refractivity contribution in [3.05, 3.63) is 35.4 Å². The van der Waals surface area contributed by atoms with Crippen LogP contribution in [0.3, 0.4) is 0 Å². The van der Waals surface area contributed by atoms with Gasteiger partial charge in [-0.2, -0.15) is 0 Å². The second-order valence-electron chi connectivity index (χ2n) is 9.34. The Hall–Kier alpha value is -1.82. The highest BCUT2D eigenvalue weighted by Crippen LogP contribution is 2.57. The third-order valence-electron chi connectivity index (χ3n) is 7.26. The summed E-state index contributed by atoms with van der Waals surface area (Å²) in [5.74, 6) is 2.91. The highest BCUT2D eigenvalue weighted by atomic mass is 32.2. The molecule has 7 rings (SSSR count). The summed E-state index contributed by atoms with van der Waals surface area (Å²) in [6.45, 7) is 0.305. The number of thioether (sulfide) groups is 1. The van der Waals surface area contributed by atoms with E-state index in [1.54, 1.807) is 36.0 Å². The maximum atomic E-state index is 12.6.